The van der Waals surface area contributed by atoms with Crippen molar-refractivity contribution in [3.05, 3.63) is 65.3 Å². The van der Waals surface area contributed by atoms with Crippen molar-refractivity contribution in [1.29, 1.82) is 5.26 Å². The Hall–Kier alpha value is -2.97. The Morgan fingerprint density at radius 3 is 2.55 bits per heavy atom. The molecule has 1 amide bonds. The largest absolute Gasteiger partial charge is 0.312 e. The van der Waals surface area contributed by atoms with Crippen molar-refractivity contribution in [2.45, 2.75) is 90.4 Å². The van der Waals surface area contributed by atoms with Gasteiger partial charge in [0.25, 0.3) is 0 Å². The lowest BCUT2D eigenvalue weighted by Crippen LogP contribution is -2.38. The second kappa shape index (κ2) is 14.6. The molecule has 5 nitrogen and oxygen atoms in total. The molecule has 1 saturated heterocycles. The highest BCUT2D eigenvalue weighted by atomic mass is 16.2. The second-order valence-corrected chi connectivity index (χ2v) is 12.0. The minimum absolute atomic E-state index is 0.0640. The molecule has 1 aliphatic carbocycles. The molecule has 2 heterocycles. The molecule has 0 N–H and O–H groups in total. The van der Waals surface area contributed by atoms with Crippen LogP contribution in [0.4, 0.5) is 5.69 Å². The third-order valence-corrected chi connectivity index (χ3v) is 9.37. The number of benzene rings is 1. The fraction of sp³-hybridized carbons (Fsp3) is 0.571. The van der Waals surface area contributed by atoms with Crippen LogP contribution in [0.2, 0.25) is 0 Å². The molecule has 3 aliphatic rings. The molecule has 0 spiro atoms. The third kappa shape index (κ3) is 7.82. The highest BCUT2D eigenvalue weighted by Crippen LogP contribution is 2.39. The van der Waals surface area contributed by atoms with Gasteiger partial charge in [-0.2, -0.15) is 5.26 Å². The van der Waals surface area contributed by atoms with Gasteiger partial charge < -0.3 is 9.80 Å². The van der Waals surface area contributed by atoms with Crippen LogP contribution in [-0.4, -0.2) is 42.8 Å². The maximum Gasteiger partial charge on any atom is 0.223 e. The van der Waals surface area contributed by atoms with Crippen molar-refractivity contribution in [3.8, 4) is 6.07 Å². The lowest BCUT2D eigenvalue weighted by atomic mass is 9.76. The average molecular weight is 542 g/mol. The van der Waals surface area contributed by atoms with Gasteiger partial charge in [-0.05, 0) is 93.3 Å². The number of allylic oxidation sites excluding steroid dienone is 5. The second-order valence-electron chi connectivity index (χ2n) is 12.0. The van der Waals surface area contributed by atoms with Crippen LogP contribution in [0.25, 0.3) is 0 Å². The Morgan fingerprint density at radius 2 is 1.88 bits per heavy atom. The molecule has 0 radical (unpaired) electrons. The first-order valence-corrected chi connectivity index (χ1v) is 15.5. The van der Waals surface area contributed by atoms with Gasteiger partial charge >= 0.3 is 0 Å². The molecule has 1 saturated carbocycles. The zero-order chi connectivity index (χ0) is 28.5. The van der Waals surface area contributed by atoms with Crippen molar-refractivity contribution in [3.63, 3.8) is 0 Å². The highest BCUT2D eigenvalue weighted by Gasteiger charge is 2.34. The minimum Gasteiger partial charge on any atom is -0.312 e. The molecule has 1 atom stereocenters. The molecule has 40 heavy (non-hydrogen) atoms. The SMILES string of the molecule is C=C(/C=C\C=C(\C#N)CC)CCC(=O)C(c1ccc2c(c1)N(C(C)=O)CC2)C1CCN(CCC2CCCC2)CC1. The lowest BCUT2D eigenvalue weighted by molar-refractivity contribution is -0.122. The Bertz CT molecular complexity index is 1160. The van der Waals surface area contributed by atoms with Crippen LogP contribution < -0.4 is 4.90 Å². The number of likely N-dealkylation sites (tertiary alicyclic amines) is 1. The number of carbonyl (C=O) groups is 2. The summed E-state index contributed by atoms with van der Waals surface area (Å²) in [6, 6.07) is 8.61. The van der Waals surface area contributed by atoms with Crippen LogP contribution in [0.3, 0.4) is 0 Å². The van der Waals surface area contributed by atoms with E-state index in [1.807, 2.05) is 30.1 Å². The summed E-state index contributed by atoms with van der Waals surface area (Å²) in [5.41, 5.74) is 4.87. The van der Waals surface area contributed by atoms with Crippen LogP contribution in [0.15, 0.2) is 54.2 Å². The number of hydrogen-bond donors (Lipinski definition) is 0. The molecule has 2 fully saturated rings. The van der Waals surface area contributed by atoms with Gasteiger partial charge in [-0.15, -0.1) is 0 Å². The van der Waals surface area contributed by atoms with E-state index in [-0.39, 0.29) is 17.6 Å². The van der Waals surface area contributed by atoms with Gasteiger partial charge in [0, 0.05) is 37.1 Å². The number of piperidine rings is 1. The predicted octanol–water partition coefficient (Wildman–Crippen LogP) is 7.29. The lowest BCUT2D eigenvalue weighted by Gasteiger charge is -2.36. The van der Waals surface area contributed by atoms with Gasteiger partial charge in [-0.3, -0.25) is 9.59 Å². The van der Waals surface area contributed by atoms with Gasteiger partial charge in [0.2, 0.25) is 5.91 Å². The molecule has 1 unspecified atom stereocenters. The summed E-state index contributed by atoms with van der Waals surface area (Å²) in [4.78, 5) is 30.7. The van der Waals surface area contributed by atoms with Gasteiger partial charge in [0.15, 0.2) is 0 Å². The van der Waals surface area contributed by atoms with E-state index in [0.717, 1.165) is 67.2 Å². The number of Topliss-reactive ketones (excluding diaryl/α,β-unsaturated/α-hetero) is 1. The van der Waals surface area contributed by atoms with Crippen molar-refractivity contribution < 1.29 is 9.59 Å². The number of amides is 1. The topological polar surface area (TPSA) is 64.4 Å². The summed E-state index contributed by atoms with van der Waals surface area (Å²) in [7, 11) is 0. The standard InChI is InChI=1S/C35H47N3O2/c1-4-28(25-36)11-7-8-26(2)12-15-34(40)35(32-14-13-30-19-23-38(27(3)39)33(30)24-32)31-17-21-37(22-18-31)20-16-29-9-5-6-10-29/h7-8,11,13-14,24,29,31,35H,2,4-6,9-10,12,15-23H2,1,3H3/b8-7-,28-11+. The number of anilines is 1. The van der Waals surface area contributed by atoms with E-state index in [9.17, 15) is 9.59 Å². The van der Waals surface area contributed by atoms with E-state index in [1.54, 1.807) is 6.92 Å². The number of hydrogen-bond acceptors (Lipinski definition) is 4. The van der Waals surface area contributed by atoms with E-state index in [0.29, 0.717) is 25.2 Å². The van der Waals surface area contributed by atoms with Crippen LogP contribution >= 0.6 is 0 Å². The highest BCUT2D eigenvalue weighted by molar-refractivity contribution is 5.94. The molecular formula is C35H47N3O2. The number of fused-ring (bicyclic) bond motifs is 1. The van der Waals surface area contributed by atoms with Crippen LogP contribution in [0, 0.1) is 23.2 Å². The first kappa shape index (κ1) is 30.0. The van der Waals surface area contributed by atoms with Crippen LogP contribution in [0.5, 0.6) is 0 Å². The van der Waals surface area contributed by atoms with Crippen molar-refractivity contribution in [1.82, 2.24) is 4.90 Å². The molecule has 0 aromatic heterocycles. The van der Waals surface area contributed by atoms with Crippen molar-refractivity contribution in [2.24, 2.45) is 11.8 Å². The predicted molar refractivity (Wildman–Crippen MR) is 163 cm³/mol. The average Bonchev–Trinajstić information content (AvgIpc) is 3.64. The van der Waals surface area contributed by atoms with E-state index >= 15 is 0 Å². The summed E-state index contributed by atoms with van der Waals surface area (Å²) in [6.45, 7) is 11.8. The quantitative estimate of drug-likeness (QED) is 0.206. The van der Waals surface area contributed by atoms with Crippen LogP contribution in [-0.2, 0) is 16.0 Å². The zero-order valence-electron chi connectivity index (χ0n) is 24.7. The Kier molecular flexibility index (Phi) is 10.9. The number of nitriles is 1. The molecule has 1 aromatic carbocycles. The molecule has 1 aromatic rings. The summed E-state index contributed by atoms with van der Waals surface area (Å²) >= 11 is 0. The minimum atomic E-state index is -0.154. The number of rotatable bonds is 12. The number of carbonyl (C=O) groups excluding carboxylic acids is 2. The normalized spacial score (nSPS) is 19.6. The van der Waals surface area contributed by atoms with Gasteiger partial charge in [-0.1, -0.05) is 69.0 Å². The summed E-state index contributed by atoms with van der Waals surface area (Å²) in [5, 5.41) is 9.12. The van der Waals surface area contributed by atoms with E-state index < -0.39 is 0 Å². The van der Waals surface area contributed by atoms with E-state index in [1.165, 1.54) is 44.2 Å². The molecular weight excluding hydrogens is 494 g/mol. The fourth-order valence-corrected chi connectivity index (χ4v) is 6.87. The monoisotopic (exact) mass is 541 g/mol. The molecule has 2 aliphatic heterocycles. The van der Waals surface area contributed by atoms with E-state index in [4.69, 9.17) is 5.26 Å². The zero-order valence-corrected chi connectivity index (χ0v) is 24.7. The Morgan fingerprint density at radius 1 is 1.12 bits per heavy atom. The molecule has 5 heteroatoms. The van der Waals surface area contributed by atoms with Gasteiger partial charge in [-0.25, -0.2) is 0 Å². The maximum absolute atomic E-state index is 13.9. The molecule has 4 rings (SSSR count). The first-order chi connectivity index (χ1) is 19.4. The Balaban J connectivity index is 1.45. The van der Waals surface area contributed by atoms with Crippen LogP contribution in [0.1, 0.15) is 95.1 Å². The first-order valence-electron chi connectivity index (χ1n) is 15.5. The van der Waals surface area contributed by atoms with Gasteiger partial charge in [0.05, 0.1) is 6.07 Å². The summed E-state index contributed by atoms with van der Waals surface area (Å²) in [5.74, 6) is 1.41. The van der Waals surface area contributed by atoms with Gasteiger partial charge in [0.1, 0.15) is 5.78 Å². The summed E-state index contributed by atoms with van der Waals surface area (Å²) < 4.78 is 0. The van der Waals surface area contributed by atoms with Crippen molar-refractivity contribution in [2.75, 3.05) is 31.1 Å². The number of nitrogens with zero attached hydrogens (tertiary/aromatic N) is 3. The fourth-order valence-electron chi connectivity index (χ4n) is 6.87. The maximum atomic E-state index is 13.9. The smallest absolute Gasteiger partial charge is 0.223 e. The van der Waals surface area contributed by atoms with E-state index in [2.05, 4.69) is 35.7 Å². The summed E-state index contributed by atoms with van der Waals surface area (Å²) in [6.07, 6.45) is 17.2. The molecule has 214 valence electrons. The Labute approximate surface area is 241 Å². The molecule has 0 bridgehead atoms. The number of ketones is 1. The third-order valence-electron chi connectivity index (χ3n) is 9.37. The van der Waals surface area contributed by atoms with Crippen molar-refractivity contribution >= 4 is 17.4 Å².